The van der Waals surface area contributed by atoms with Gasteiger partial charge in [-0.05, 0) is 41.5 Å². The molecule has 1 fully saturated rings. The van der Waals surface area contributed by atoms with Gasteiger partial charge in [0.15, 0.2) is 11.2 Å². The normalized spacial score (nSPS) is 21.3. The quantitative estimate of drug-likeness (QED) is 0.275. The van der Waals surface area contributed by atoms with Gasteiger partial charge >= 0.3 is 0 Å². The Morgan fingerprint density at radius 3 is 2.34 bits per heavy atom. The topological polar surface area (TPSA) is 111 Å². The molecule has 170 valence electrons. The molecule has 0 radical (unpaired) electrons. The van der Waals surface area contributed by atoms with E-state index in [9.17, 15) is 25.4 Å². The van der Waals surface area contributed by atoms with Crippen LogP contribution in [0, 0.1) is 38.2 Å². The molecule has 0 unspecified atom stereocenters. The monoisotopic (exact) mass is 480 g/mol. The van der Waals surface area contributed by atoms with Crippen LogP contribution in [-0.4, -0.2) is 22.8 Å². The van der Waals surface area contributed by atoms with Crippen molar-refractivity contribution in [1.29, 1.82) is 10.5 Å². The van der Waals surface area contributed by atoms with E-state index in [1.165, 1.54) is 24.3 Å². The van der Waals surface area contributed by atoms with Crippen molar-refractivity contribution in [2.24, 2.45) is 5.41 Å². The van der Waals surface area contributed by atoms with Crippen molar-refractivity contribution >= 4 is 34.8 Å². The fourth-order valence-electron chi connectivity index (χ4n) is 5.22. The molecular formula is C27H17ClN4O3. The molecule has 8 heteroatoms. The first kappa shape index (κ1) is 22.3. The van der Waals surface area contributed by atoms with Gasteiger partial charge in [-0.1, -0.05) is 54.1 Å². The average Bonchev–Trinajstić information content (AvgIpc) is 3.19. The highest BCUT2D eigenvalue weighted by atomic mass is 35.5. The Morgan fingerprint density at radius 2 is 1.71 bits per heavy atom. The summed E-state index contributed by atoms with van der Waals surface area (Å²) in [6.45, 7) is 0. The molecule has 3 atom stereocenters. The number of halogens is 1. The molecule has 35 heavy (non-hydrogen) atoms. The van der Waals surface area contributed by atoms with E-state index < -0.39 is 28.3 Å². The molecule has 2 aliphatic rings. The lowest BCUT2D eigenvalue weighted by Crippen LogP contribution is -2.44. The van der Waals surface area contributed by atoms with Crippen LogP contribution in [0.3, 0.4) is 0 Å². The van der Waals surface area contributed by atoms with Crippen molar-refractivity contribution in [3.63, 3.8) is 0 Å². The zero-order chi connectivity index (χ0) is 24.7. The number of carbonyl (C=O) groups excluding carboxylic acids is 1. The molecule has 0 amide bonds. The average molecular weight is 481 g/mol. The van der Waals surface area contributed by atoms with Crippen molar-refractivity contribution in [3.8, 4) is 12.1 Å². The number of Topliss-reactive ketones (excluding diaryl/α,β-unsaturated/α-hetero) is 1. The summed E-state index contributed by atoms with van der Waals surface area (Å²) in [5.41, 5.74) is 0.723. The van der Waals surface area contributed by atoms with Gasteiger partial charge in [-0.25, -0.2) is 0 Å². The number of nitro benzene ring substituents is 1. The molecule has 3 aromatic rings. The molecule has 5 rings (SSSR count). The van der Waals surface area contributed by atoms with E-state index in [0.717, 1.165) is 5.56 Å². The van der Waals surface area contributed by atoms with Crippen LogP contribution < -0.4 is 4.90 Å². The van der Waals surface area contributed by atoms with Gasteiger partial charge in [0, 0.05) is 34.3 Å². The van der Waals surface area contributed by atoms with Crippen LogP contribution in [0.2, 0.25) is 5.02 Å². The van der Waals surface area contributed by atoms with Gasteiger partial charge in [-0.2, -0.15) is 10.5 Å². The third kappa shape index (κ3) is 3.37. The molecule has 2 heterocycles. The molecule has 1 saturated heterocycles. The summed E-state index contributed by atoms with van der Waals surface area (Å²) in [6, 6.07) is 22.6. The van der Waals surface area contributed by atoms with Gasteiger partial charge < -0.3 is 4.90 Å². The van der Waals surface area contributed by atoms with Crippen molar-refractivity contribution in [2.45, 2.75) is 18.0 Å². The highest BCUT2D eigenvalue weighted by molar-refractivity contribution is 6.30. The van der Waals surface area contributed by atoms with E-state index in [1.807, 2.05) is 41.3 Å². The van der Waals surface area contributed by atoms with E-state index >= 15 is 0 Å². The van der Waals surface area contributed by atoms with E-state index in [0.29, 0.717) is 16.3 Å². The van der Waals surface area contributed by atoms with Crippen molar-refractivity contribution < 1.29 is 9.72 Å². The Kier molecular flexibility index (Phi) is 5.36. The lowest BCUT2D eigenvalue weighted by atomic mass is 9.69. The standard InChI is InChI=1S/C27H17ClN4O3/c28-20-9-12-22-19(14-20)8-13-23-27(15-29,16-30)24(17-4-2-1-3-5-17)25(31(22)23)26(33)18-6-10-21(11-7-18)32(34)35/h1-14,23-25H/t23-,24+,25+/m0/s1. The maximum absolute atomic E-state index is 14.1. The summed E-state index contributed by atoms with van der Waals surface area (Å²) in [4.78, 5) is 26.5. The molecule has 0 saturated carbocycles. The highest BCUT2D eigenvalue weighted by Crippen LogP contribution is 2.55. The summed E-state index contributed by atoms with van der Waals surface area (Å²) >= 11 is 6.21. The van der Waals surface area contributed by atoms with Crippen molar-refractivity contribution in [2.75, 3.05) is 4.90 Å². The third-order valence-corrected chi connectivity index (χ3v) is 6.99. The van der Waals surface area contributed by atoms with Crippen LogP contribution >= 0.6 is 11.6 Å². The molecule has 0 bridgehead atoms. The van der Waals surface area contributed by atoms with Crippen LogP contribution in [-0.2, 0) is 0 Å². The van der Waals surface area contributed by atoms with Crippen molar-refractivity contribution in [1.82, 2.24) is 0 Å². The van der Waals surface area contributed by atoms with Gasteiger partial charge in [-0.15, -0.1) is 0 Å². The van der Waals surface area contributed by atoms with Gasteiger partial charge in [0.2, 0.25) is 0 Å². The first-order chi connectivity index (χ1) is 16.9. The zero-order valence-corrected chi connectivity index (χ0v) is 19.0. The number of benzene rings is 3. The van der Waals surface area contributed by atoms with Gasteiger partial charge in [0.05, 0.1) is 23.1 Å². The summed E-state index contributed by atoms with van der Waals surface area (Å²) in [5, 5.41) is 32.4. The minimum Gasteiger partial charge on any atom is -0.351 e. The van der Waals surface area contributed by atoms with Gasteiger partial charge in [-0.3, -0.25) is 14.9 Å². The number of hydrogen-bond donors (Lipinski definition) is 0. The molecule has 0 aliphatic carbocycles. The van der Waals surface area contributed by atoms with Crippen molar-refractivity contribution in [3.05, 3.63) is 111 Å². The minimum atomic E-state index is -1.56. The Hall–Kier alpha value is -4.46. The number of anilines is 1. The molecule has 3 aromatic carbocycles. The summed E-state index contributed by atoms with van der Waals surface area (Å²) in [6.07, 6.45) is 3.61. The van der Waals surface area contributed by atoms with Gasteiger partial charge in [0.1, 0.15) is 6.04 Å². The van der Waals surface area contributed by atoms with E-state index in [2.05, 4.69) is 12.1 Å². The predicted molar refractivity (Wildman–Crippen MR) is 131 cm³/mol. The minimum absolute atomic E-state index is 0.130. The number of nitro groups is 1. The number of nitriles is 2. The van der Waals surface area contributed by atoms with Crippen LogP contribution in [0.25, 0.3) is 6.08 Å². The Bertz CT molecular complexity index is 1440. The van der Waals surface area contributed by atoms with Gasteiger partial charge in [0.25, 0.3) is 5.69 Å². The molecule has 2 aliphatic heterocycles. The third-order valence-electron chi connectivity index (χ3n) is 6.76. The number of rotatable bonds is 4. The Morgan fingerprint density at radius 1 is 1.03 bits per heavy atom. The fourth-order valence-corrected chi connectivity index (χ4v) is 5.40. The summed E-state index contributed by atoms with van der Waals surface area (Å²) in [5.74, 6) is -1.11. The zero-order valence-electron chi connectivity index (χ0n) is 18.2. The lowest BCUT2D eigenvalue weighted by Gasteiger charge is -2.35. The Balaban J connectivity index is 1.75. The lowest BCUT2D eigenvalue weighted by molar-refractivity contribution is -0.384. The highest BCUT2D eigenvalue weighted by Gasteiger charge is 2.63. The number of ketones is 1. The predicted octanol–water partition coefficient (Wildman–Crippen LogP) is 5.53. The maximum Gasteiger partial charge on any atom is 0.269 e. The second kappa shape index (κ2) is 8.39. The molecule has 0 spiro atoms. The number of carbonyl (C=O) groups is 1. The molecule has 7 nitrogen and oxygen atoms in total. The smallest absolute Gasteiger partial charge is 0.269 e. The summed E-state index contributed by atoms with van der Waals surface area (Å²) < 4.78 is 0. The van der Waals surface area contributed by atoms with E-state index in [4.69, 9.17) is 11.6 Å². The fraction of sp³-hybridized carbons (Fsp3) is 0.148. The molecule has 0 aromatic heterocycles. The number of fused-ring (bicyclic) bond motifs is 3. The first-order valence-corrected chi connectivity index (χ1v) is 11.2. The number of non-ortho nitro benzene ring substituents is 1. The van der Waals surface area contributed by atoms with Crippen LogP contribution in [0.4, 0.5) is 11.4 Å². The summed E-state index contributed by atoms with van der Waals surface area (Å²) in [7, 11) is 0. The second-order valence-electron chi connectivity index (χ2n) is 8.51. The first-order valence-electron chi connectivity index (χ1n) is 10.8. The van der Waals surface area contributed by atoms with Crippen LogP contribution in [0.1, 0.15) is 27.4 Å². The number of hydrogen-bond acceptors (Lipinski definition) is 6. The largest absolute Gasteiger partial charge is 0.351 e. The SMILES string of the molecule is N#CC1(C#N)[C@H](c2ccccc2)[C@H](C(=O)c2ccc([N+](=O)[O-])cc2)N2c3ccc(Cl)cc3C=C[C@H]21. The van der Waals surface area contributed by atoms with E-state index in [-0.39, 0.29) is 17.0 Å². The molecule has 0 N–H and O–H groups in total. The van der Waals surface area contributed by atoms with Crippen LogP contribution in [0.5, 0.6) is 0 Å². The van der Waals surface area contributed by atoms with E-state index in [1.54, 1.807) is 24.3 Å². The molecular weight excluding hydrogens is 464 g/mol. The Labute approximate surface area is 206 Å². The van der Waals surface area contributed by atoms with Crippen LogP contribution in [0.15, 0.2) is 78.9 Å². The second-order valence-corrected chi connectivity index (χ2v) is 8.94. The maximum atomic E-state index is 14.1. The number of nitrogens with zero attached hydrogens (tertiary/aromatic N) is 4.